The second-order valence-corrected chi connectivity index (χ2v) is 5.84. The number of anilines is 1. The number of nitrogens with two attached hydrogens (primary N) is 1. The number of halogens is 1. The monoisotopic (exact) mass is 338 g/mol. The van der Waals surface area contributed by atoms with Gasteiger partial charge in [0.05, 0.1) is 12.3 Å². The summed E-state index contributed by atoms with van der Waals surface area (Å²) in [5, 5.41) is 0.868. The summed E-state index contributed by atoms with van der Waals surface area (Å²) in [4.78, 5) is 5.55. The van der Waals surface area contributed by atoms with Gasteiger partial charge >= 0.3 is 0 Å². The number of benzene rings is 1. The van der Waals surface area contributed by atoms with Crippen molar-refractivity contribution in [2.45, 2.75) is 23.3 Å². The average molecular weight is 339 g/mol. The maximum Gasteiger partial charge on any atom is 0.238 e. The standard InChI is InChI=1S/C14H15BrN2OS/c1-2-9-18-14-11(16)7-8-13(17-14)19-12-6-4-3-5-10(12)15/h3-8H,2,9,16H2,1H3. The molecule has 5 heteroatoms. The fourth-order valence-corrected chi connectivity index (χ4v) is 2.78. The molecule has 1 aromatic carbocycles. The summed E-state index contributed by atoms with van der Waals surface area (Å²) < 4.78 is 6.58. The van der Waals surface area contributed by atoms with Crippen LogP contribution in [0.3, 0.4) is 0 Å². The maximum atomic E-state index is 5.85. The molecule has 0 amide bonds. The van der Waals surface area contributed by atoms with Gasteiger partial charge < -0.3 is 10.5 Å². The van der Waals surface area contributed by atoms with Crippen molar-refractivity contribution in [3.8, 4) is 5.88 Å². The third kappa shape index (κ3) is 3.88. The van der Waals surface area contributed by atoms with E-state index in [4.69, 9.17) is 10.5 Å². The number of pyridine rings is 1. The fraction of sp³-hybridized carbons (Fsp3) is 0.214. The number of hydrogen-bond acceptors (Lipinski definition) is 4. The molecule has 0 bridgehead atoms. The van der Waals surface area contributed by atoms with E-state index in [0.717, 1.165) is 20.8 Å². The maximum absolute atomic E-state index is 5.85. The number of nitrogens with zero attached hydrogens (tertiary/aromatic N) is 1. The Morgan fingerprint density at radius 1 is 1.26 bits per heavy atom. The van der Waals surface area contributed by atoms with Gasteiger partial charge in [-0.3, -0.25) is 0 Å². The predicted molar refractivity (Wildman–Crippen MR) is 82.7 cm³/mol. The van der Waals surface area contributed by atoms with Crippen molar-refractivity contribution < 1.29 is 4.74 Å². The Hall–Kier alpha value is -1.20. The molecule has 1 aromatic heterocycles. The van der Waals surface area contributed by atoms with E-state index >= 15 is 0 Å². The number of ether oxygens (including phenoxy) is 1. The molecule has 0 atom stereocenters. The molecule has 0 radical (unpaired) electrons. The molecule has 19 heavy (non-hydrogen) atoms. The topological polar surface area (TPSA) is 48.1 Å². The molecule has 0 aliphatic carbocycles. The highest BCUT2D eigenvalue weighted by molar-refractivity contribution is 9.10. The van der Waals surface area contributed by atoms with Gasteiger partial charge in [-0.15, -0.1) is 0 Å². The second kappa shape index (κ2) is 6.82. The van der Waals surface area contributed by atoms with Crippen molar-refractivity contribution in [3.05, 3.63) is 40.9 Å². The summed E-state index contributed by atoms with van der Waals surface area (Å²) in [6, 6.07) is 11.8. The van der Waals surface area contributed by atoms with Crippen molar-refractivity contribution in [3.63, 3.8) is 0 Å². The van der Waals surface area contributed by atoms with Crippen LogP contribution >= 0.6 is 27.7 Å². The van der Waals surface area contributed by atoms with E-state index in [1.165, 1.54) is 0 Å². The quantitative estimate of drug-likeness (QED) is 0.879. The van der Waals surface area contributed by atoms with Crippen molar-refractivity contribution >= 4 is 33.4 Å². The molecule has 2 rings (SSSR count). The molecule has 0 saturated carbocycles. The Kier molecular flexibility index (Phi) is 5.10. The van der Waals surface area contributed by atoms with Gasteiger partial charge in [-0.05, 0) is 46.6 Å². The normalized spacial score (nSPS) is 10.4. The van der Waals surface area contributed by atoms with Crippen LogP contribution in [0.5, 0.6) is 5.88 Å². The van der Waals surface area contributed by atoms with E-state index in [0.29, 0.717) is 18.2 Å². The van der Waals surface area contributed by atoms with Crippen molar-refractivity contribution in [1.29, 1.82) is 0 Å². The number of rotatable bonds is 5. The lowest BCUT2D eigenvalue weighted by atomic mass is 10.4. The molecule has 0 aliphatic heterocycles. The van der Waals surface area contributed by atoms with E-state index in [1.54, 1.807) is 11.8 Å². The third-order valence-corrected chi connectivity index (χ3v) is 4.32. The fourth-order valence-electron chi connectivity index (χ4n) is 1.45. The Morgan fingerprint density at radius 3 is 2.79 bits per heavy atom. The molecule has 3 nitrogen and oxygen atoms in total. The van der Waals surface area contributed by atoms with Crippen molar-refractivity contribution in [1.82, 2.24) is 4.98 Å². The van der Waals surface area contributed by atoms with E-state index in [1.807, 2.05) is 36.4 Å². The van der Waals surface area contributed by atoms with Crippen molar-refractivity contribution in [2.24, 2.45) is 0 Å². The largest absolute Gasteiger partial charge is 0.476 e. The first kappa shape index (κ1) is 14.2. The van der Waals surface area contributed by atoms with Crippen LogP contribution in [0.15, 0.2) is 50.8 Å². The van der Waals surface area contributed by atoms with Crippen LogP contribution in [0.25, 0.3) is 0 Å². The summed E-state index contributed by atoms with van der Waals surface area (Å²) in [5.74, 6) is 0.513. The highest BCUT2D eigenvalue weighted by Crippen LogP contribution is 2.34. The van der Waals surface area contributed by atoms with Gasteiger partial charge in [0.15, 0.2) is 0 Å². The summed E-state index contributed by atoms with van der Waals surface area (Å²) in [6.45, 7) is 2.68. The SMILES string of the molecule is CCCOc1nc(Sc2ccccc2Br)ccc1N. The molecule has 0 unspecified atom stereocenters. The zero-order valence-corrected chi connectivity index (χ0v) is 13.0. The lowest BCUT2D eigenvalue weighted by molar-refractivity contribution is 0.305. The molecule has 1 heterocycles. The third-order valence-electron chi connectivity index (χ3n) is 2.36. The molecule has 0 fully saturated rings. The van der Waals surface area contributed by atoms with Crippen LogP contribution in [-0.2, 0) is 0 Å². The van der Waals surface area contributed by atoms with Crippen LogP contribution in [0.2, 0.25) is 0 Å². The van der Waals surface area contributed by atoms with E-state index < -0.39 is 0 Å². The van der Waals surface area contributed by atoms with E-state index in [-0.39, 0.29) is 0 Å². The summed E-state index contributed by atoms with van der Waals surface area (Å²) in [6.07, 6.45) is 0.933. The van der Waals surface area contributed by atoms with Crippen LogP contribution < -0.4 is 10.5 Å². The predicted octanol–water partition coefficient (Wildman–Crippen LogP) is 4.37. The molecule has 0 aliphatic rings. The summed E-state index contributed by atoms with van der Waals surface area (Å²) >= 11 is 5.10. The molecule has 0 saturated heterocycles. The Labute approximate surface area is 125 Å². The molecule has 2 N–H and O–H groups in total. The summed E-state index contributed by atoms with van der Waals surface area (Å²) in [5.41, 5.74) is 6.42. The molecule has 2 aromatic rings. The zero-order valence-electron chi connectivity index (χ0n) is 10.6. The highest BCUT2D eigenvalue weighted by Gasteiger charge is 2.07. The first-order valence-electron chi connectivity index (χ1n) is 6.02. The van der Waals surface area contributed by atoms with Gasteiger partial charge in [0.25, 0.3) is 0 Å². The zero-order chi connectivity index (χ0) is 13.7. The molecule has 0 spiro atoms. The van der Waals surface area contributed by atoms with E-state index in [2.05, 4.69) is 27.8 Å². The van der Waals surface area contributed by atoms with Crippen molar-refractivity contribution in [2.75, 3.05) is 12.3 Å². The lowest BCUT2D eigenvalue weighted by Gasteiger charge is -2.09. The lowest BCUT2D eigenvalue weighted by Crippen LogP contribution is -2.01. The van der Waals surface area contributed by atoms with Gasteiger partial charge in [-0.25, -0.2) is 4.98 Å². The second-order valence-electron chi connectivity index (χ2n) is 3.92. The Balaban J connectivity index is 2.19. The Morgan fingerprint density at radius 2 is 2.05 bits per heavy atom. The van der Waals surface area contributed by atoms with Crippen LogP contribution in [0.1, 0.15) is 13.3 Å². The smallest absolute Gasteiger partial charge is 0.238 e. The van der Waals surface area contributed by atoms with Crippen LogP contribution in [-0.4, -0.2) is 11.6 Å². The first-order valence-corrected chi connectivity index (χ1v) is 7.63. The number of nitrogen functional groups attached to an aromatic ring is 1. The minimum Gasteiger partial charge on any atom is -0.476 e. The number of hydrogen-bond donors (Lipinski definition) is 1. The van der Waals surface area contributed by atoms with Gasteiger partial charge in [-0.2, -0.15) is 0 Å². The van der Waals surface area contributed by atoms with E-state index in [9.17, 15) is 0 Å². The number of aromatic nitrogens is 1. The van der Waals surface area contributed by atoms with Gasteiger partial charge in [-0.1, -0.05) is 30.8 Å². The van der Waals surface area contributed by atoms with Crippen LogP contribution in [0.4, 0.5) is 5.69 Å². The minimum atomic E-state index is 0.513. The van der Waals surface area contributed by atoms with Gasteiger partial charge in [0, 0.05) is 9.37 Å². The molecular formula is C14H15BrN2OS. The van der Waals surface area contributed by atoms with Gasteiger partial charge in [0.2, 0.25) is 5.88 Å². The van der Waals surface area contributed by atoms with Crippen LogP contribution in [0, 0.1) is 0 Å². The highest BCUT2D eigenvalue weighted by atomic mass is 79.9. The average Bonchev–Trinajstić information content (AvgIpc) is 2.42. The summed E-state index contributed by atoms with van der Waals surface area (Å²) in [7, 11) is 0. The first-order chi connectivity index (χ1) is 9.20. The molecular weight excluding hydrogens is 324 g/mol. The Bertz CT molecular complexity index is 563. The van der Waals surface area contributed by atoms with Gasteiger partial charge in [0.1, 0.15) is 5.03 Å². The molecule has 100 valence electrons. The minimum absolute atomic E-state index is 0.513.